The van der Waals surface area contributed by atoms with Gasteiger partial charge in [-0.2, -0.15) is 10.2 Å². The predicted molar refractivity (Wildman–Crippen MR) is 243 cm³/mol. The summed E-state index contributed by atoms with van der Waals surface area (Å²) >= 11 is 23.4. The first-order chi connectivity index (χ1) is 30.5. The van der Waals surface area contributed by atoms with Crippen molar-refractivity contribution in [3.05, 3.63) is 124 Å². The zero-order chi connectivity index (χ0) is 44.2. The number of hydrogen-bond donors (Lipinski definition) is 3. The Bertz CT molecular complexity index is 2670. The zero-order valence-electron chi connectivity index (χ0n) is 35.0. The van der Waals surface area contributed by atoms with Crippen molar-refractivity contribution < 1.29 is 14.3 Å². The number of nitrogens with one attached hydrogen (secondary N) is 3. The van der Waals surface area contributed by atoms with Crippen LogP contribution in [0, 0.1) is 11.8 Å². The Hall–Kier alpha value is -4.19. The van der Waals surface area contributed by atoms with E-state index in [4.69, 9.17) is 66.1 Å². The Balaban J connectivity index is 0.000000147. The van der Waals surface area contributed by atoms with Gasteiger partial charge in [-0.15, -0.1) is 0 Å². The number of likely N-dealkylation sites (tertiary alicyclic amines) is 1. The second-order valence-electron chi connectivity index (χ2n) is 16.8. The molecule has 0 bridgehead atoms. The number of aldehydes is 1. The number of imidazole rings is 2. The molecule has 4 aliphatic rings. The summed E-state index contributed by atoms with van der Waals surface area (Å²) in [6.45, 7) is 11.7. The summed E-state index contributed by atoms with van der Waals surface area (Å²) < 4.78 is 14.4. The van der Waals surface area contributed by atoms with Crippen LogP contribution in [0.4, 0.5) is 0 Å². The molecule has 4 aliphatic heterocycles. The van der Waals surface area contributed by atoms with E-state index in [1.165, 1.54) is 6.07 Å². The maximum atomic E-state index is 12.8. The average Bonchev–Trinajstić information content (AvgIpc) is 4.11. The number of halogens is 4. The molecule has 4 unspecified atom stereocenters. The lowest BCUT2D eigenvalue weighted by Gasteiger charge is -2.21. The van der Waals surface area contributed by atoms with E-state index in [1.807, 2.05) is 18.2 Å². The number of nitrogens with zero attached hydrogens (tertiary/aromatic N) is 7. The number of H-pyrrole nitrogens is 2. The van der Waals surface area contributed by atoms with Crippen LogP contribution >= 0.6 is 46.4 Å². The molecule has 2 aromatic carbocycles. The maximum Gasteiger partial charge on any atom is 0.276 e. The molecular weight excluding hydrogens is 890 g/mol. The first kappa shape index (κ1) is 45.4. The van der Waals surface area contributed by atoms with Gasteiger partial charge < -0.3 is 24.8 Å². The largest absolute Gasteiger partial charge is 0.381 e. The number of carbonyl (C=O) groups excluding carboxylic acids is 1. The normalized spacial score (nSPS) is 22.2. The SMILES string of the molecule is CC1CN(Cc2ccc(Cl)c(Cl)c2)CC1c1nn2c(C3CCOCC3)ncc2c(=O)[nH]1.CC1CNCC1c1nn2c(C3CCOCC3)ncc2c(=O)[nH]1.O=Cc1ccc(Cl)c(Cl)c1. The second-order valence-corrected chi connectivity index (χ2v) is 18.5. The van der Waals surface area contributed by atoms with Crippen molar-refractivity contribution in [2.45, 2.75) is 69.7 Å². The van der Waals surface area contributed by atoms with Crippen LogP contribution in [0.5, 0.6) is 0 Å². The van der Waals surface area contributed by atoms with Gasteiger partial charge in [0.25, 0.3) is 11.1 Å². The van der Waals surface area contributed by atoms with E-state index in [0.29, 0.717) is 54.4 Å². The highest BCUT2D eigenvalue weighted by Gasteiger charge is 2.34. The maximum absolute atomic E-state index is 12.8. The molecule has 15 nitrogen and oxygen atoms in total. The monoisotopic (exact) mass is 938 g/mol. The molecule has 0 aliphatic carbocycles. The van der Waals surface area contributed by atoms with E-state index in [1.54, 1.807) is 33.6 Å². The van der Waals surface area contributed by atoms with E-state index in [-0.39, 0.29) is 28.9 Å². The van der Waals surface area contributed by atoms with Gasteiger partial charge >= 0.3 is 0 Å². The van der Waals surface area contributed by atoms with Crippen molar-refractivity contribution in [2.75, 3.05) is 52.6 Å². The van der Waals surface area contributed by atoms with Crippen LogP contribution in [0.25, 0.3) is 11.0 Å². The van der Waals surface area contributed by atoms with Gasteiger partial charge in [0.2, 0.25) is 0 Å². The first-order valence-corrected chi connectivity index (χ1v) is 22.9. The van der Waals surface area contributed by atoms with Gasteiger partial charge in [-0.1, -0.05) is 72.4 Å². The number of fused-ring (bicyclic) bond motifs is 2. The Labute approximate surface area is 383 Å². The third-order valence-corrected chi connectivity index (χ3v) is 13.9. The Kier molecular flexibility index (Phi) is 14.6. The van der Waals surface area contributed by atoms with Crippen molar-refractivity contribution in [1.82, 2.24) is 49.4 Å². The number of rotatable bonds is 7. The number of ether oxygens (including phenoxy) is 2. The summed E-state index contributed by atoms with van der Waals surface area (Å²) in [5.74, 6) is 5.06. The molecule has 4 fully saturated rings. The molecule has 0 amide bonds. The van der Waals surface area contributed by atoms with E-state index < -0.39 is 0 Å². The lowest BCUT2D eigenvalue weighted by molar-refractivity contribution is 0.0831. The van der Waals surface area contributed by atoms with Crippen LogP contribution in [0.2, 0.25) is 20.1 Å². The van der Waals surface area contributed by atoms with Gasteiger partial charge in [0.15, 0.2) is 11.0 Å². The van der Waals surface area contributed by atoms with Crippen LogP contribution in [-0.2, 0) is 16.0 Å². The molecule has 6 aromatic rings. The van der Waals surface area contributed by atoms with Crippen molar-refractivity contribution in [2.24, 2.45) is 11.8 Å². The summed E-state index contributed by atoms with van der Waals surface area (Å²) in [7, 11) is 0. The molecular formula is C44H50Cl4N10O5. The van der Waals surface area contributed by atoms with Gasteiger partial charge in [0.05, 0.1) is 32.5 Å². The van der Waals surface area contributed by atoms with Gasteiger partial charge in [-0.25, -0.2) is 19.0 Å². The van der Waals surface area contributed by atoms with Crippen molar-refractivity contribution in [3.63, 3.8) is 0 Å². The fourth-order valence-corrected chi connectivity index (χ4v) is 9.51. The van der Waals surface area contributed by atoms with Crippen LogP contribution in [0.15, 0.2) is 58.4 Å². The van der Waals surface area contributed by atoms with E-state index >= 15 is 0 Å². The first-order valence-electron chi connectivity index (χ1n) is 21.4. The van der Waals surface area contributed by atoms with E-state index in [2.05, 4.69) is 44.0 Å². The smallest absolute Gasteiger partial charge is 0.276 e. The fraction of sp³-hybridized carbons (Fsp3) is 0.477. The summed E-state index contributed by atoms with van der Waals surface area (Å²) in [6.07, 6.45) is 7.67. The van der Waals surface area contributed by atoms with Crippen molar-refractivity contribution in [3.8, 4) is 0 Å². The third kappa shape index (κ3) is 10.4. The minimum absolute atomic E-state index is 0.102. The van der Waals surface area contributed by atoms with Gasteiger partial charge in [-0.3, -0.25) is 19.3 Å². The average molecular weight is 941 g/mol. The highest BCUT2D eigenvalue weighted by atomic mass is 35.5. The molecule has 0 spiro atoms. The van der Waals surface area contributed by atoms with E-state index in [0.717, 1.165) is 120 Å². The lowest BCUT2D eigenvalue weighted by atomic mass is 9.97. The molecule has 3 N–H and O–H groups in total. The molecule has 0 radical (unpaired) electrons. The van der Waals surface area contributed by atoms with Crippen LogP contribution in [0.1, 0.15) is 102 Å². The van der Waals surface area contributed by atoms with Crippen LogP contribution < -0.4 is 16.4 Å². The summed E-state index contributed by atoms with van der Waals surface area (Å²) in [6, 6.07) is 10.5. The zero-order valence-corrected chi connectivity index (χ0v) is 38.1. The highest BCUT2D eigenvalue weighted by molar-refractivity contribution is 6.42. The molecule has 0 saturated carbocycles. The Morgan fingerprint density at radius 2 is 1.22 bits per heavy atom. The molecule has 4 saturated heterocycles. The summed E-state index contributed by atoms with van der Waals surface area (Å²) in [4.78, 5) is 52.7. The van der Waals surface area contributed by atoms with Crippen LogP contribution in [0.3, 0.4) is 0 Å². The minimum Gasteiger partial charge on any atom is -0.381 e. The van der Waals surface area contributed by atoms with Gasteiger partial charge in [0, 0.05) is 81.8 Å². The standard InChI is InChI=1S/C22H25Cl2N5O2.C15H21N5O2.C7H4Cl2O/c1-13-10-28(11-14-2-3-17(23)18(24)8-14)12-16(13)20-26-22(30)19-9-25-21(29(19)27-20)15-4-6-31-7-5-15;1-9-6-16-7-11(9)13-18-15(21)12-8-17-14(20(12)19-13)10-2-4-22-5-3-10;8-6-2-1-5(4-10)3-7(6)9/h2-3,8-9,13,15-16H,4-7,10-12H2,1H3,(H,26,27,30);8-11,16H,2-7H2,1H3,(H,18,19,21);1-4H. The summed E-state index contributed by atoms with van der Waals surface area (Å²) in [5.41, 5.74) is 2.46. The van der Waals surface area contributed by atoms with Crippen molar-refractivity contribution in [1.29, 1.82) is 0 Å². The molecule has 10 rings (SSSR count). The number of benzene rings is 2. The molecule has 4 aromatic heterocycles. The number of aromatic amines is 2. The third-order valence-electron chi connectivity index (χ3n) is 12.4. The molecule has 4 atom stereocenters. The quantitative estimate of drug-likeness (QED) is 0.137. The molecule has 63 heavy (non-hydrogen) atoms. The van der Waals surface area contributed by atoms with Gasteiger partial charge in [-0.05, 0) is 73.9 Å². The van der Waals surface area contributed by atoms with E-state index in [9.17, 15) is 14.4 Å². The predicted octanol–water partition coefficient (Wildman–Crippen LogP) is 7.29. The van der Waals surface area contributed by atoms with Crippen LogP contribution in [-0.4, -0.2) is 103 Å². The van der Waals surface area contributed by atoms with Crippen molar-refractivity contribution >= 4 is 63.7 Å². The summed E-state index contributed by atoms with van der Waals surface area (Å²) in [5, 5.41) is 14.9. The molecule has 334 valence electrons. The number of aromatic nitrogens is 8. The number of carbonyl (C=O) groups is 1. The Morgan fingerprint density at radius 3 is 1.73 bits per heavy atom. The topological polar surface area (TPSA) is 177 Å². The van der Waals surface area contributed by atoms with Gasteiger partial charge in [0.1, 0.15) is 29.6 Å². The second kappa shape index (κ2) is 20.3. The number of hydrogen-bond acceptors (Lipinski definition) is 11. The lowest BCUT2D eigenvalue weighted by Crippen LogP contribution is -2.24. The Morgan fingerprint density at radius 1 is 0.683 bits per heavy atom. The highest BCUT2D eigenvalue weighted by Crippen LogP contribution is 2.33. The fourth-order valence-electron chi connectivity index (χ4n) is 8.88. The molecule has 19 heteroatoms. The minimum atomic E-state index is -0.133. The molecule has 8 heterocycles.